The quantitative estimate of drug-likeness (QED) is 0.591. The number of halogens is 1. The van der Waals surface area contributed by atoms with Crippen LogP contribution in [0.1, 0.15) is 17.2 Å². The molecule has 0 N–H and O–H groups in total. The Bertz CT molecular complexity index is 905. The van der Waals surface area contributed by atoms with Crippen LogP contribution in [0.15, 0.2) is 78.9 Å². The van der Waals surface area contributed by atoms with Crippen LogP contribution in [0.2, 0.25) is 5.15 Å². The molecule has 4 rings (SSSR count). The van der Waals surface area contributed by atoms with Gasteiger partial charge in [0.15, 0.2) is 0 Å². The summed E-state index contributed by atoms with van der Waals surface area (Å²) in [6, 6.07) is 26.1. The van der Waals surface area contributed by atoms with Gasteiger partial charge in [0.25, 0.3) is 0 Å². The van der Waals surface area contributed by atoms with E-state index in [4.69, 9.17) is 16.3 Å². The Morgan fingerprint density at radius 3 is 1.97 bits per heavy atom. The third-order valence-electron chi connectivity index (χ3n) is 5.05. The second-order valence-electron chi connectivity index (χ2n) is 6.91. The number of rotatable bonds is 4. The van der Waals surface area contributed by atoms with Crippen molar-refractivity contribution in [2.45, 2.75) is 6.04 Å². The normalized spacial score (nSPS) is 14.8. The Kier molecular flexibility index (Phi) is 6.08. The Balaban J connectivity index is 1.45. The second kappa shape index (κ2) is 9.07. The van der Waals surface area contributed by atoms with Crippen molar-refractivity contribution in [3.05, 3.63) is 95.1 Å². The highest BCUT2D eigenvalue weighted by Crippen LogP contribution is 2.29. The molecule has 1 fully saturated rings. The Morgan fingerprint density at radius 1 is 0.828 bits per heavy atom. The minimum Gasteiger partial charge on any atom is -0.391 e. The van der Waals surface area contributed by atoms with E-state index in [2.05, 4.69) is 58.4 Å². The molecule has 29 heavy (non-hydrogen) atoms. The number of ether oxygens (including phenoxy) is 1. The molecule has 1 aromatic heterocycles. The predicted molar refractivity (Wildman–Crippen MR) is 113 cm³/mol. The van der Waals surface area contributed by atoms with Gasteiger partial charge in [-0.3, -0.25) is 4.90 Å². The highest BCUT2D eigenvalue weighted by molar-refractivity contribution is 6.29. The number of carbonyl (C=O) groups is 1. The fourth-order valence-corrected chi connectivity index (χ4v) is 3.80. The van der Waals surface area contributed by atoms with E-state index in [0.29, 0.717) is 18.2 Å². The van der Waals surface area contributed by atoms with E-state index in [0.717, 1.165) is 13.1 Å². The zero-order valence-corrected chi connectivity index (χ0v) is 16.7. The van der Waals surface area contributed by atoms with Crippen molar-refractivity contribution in [2.75, 3.05) is 26.2 Å². The molecule has 5 nitrogen and oxygen atoms in total. The number of nitrogens with zero attached hydrogens (tertiary/aromatic N) is 3. The molecule has 148 valence electrons. The van der Waals surface area contributed by atoms with E-state index in [-0.39, 0.29) is 11.9 Å². The number of carbonyl (C=O) groups excluding carboxylic acids is 1. The standard InChI is InChI=1S/C23H22ClN3O2/c24-20-12-7-13-21(25-20)29-23(28)27-16-14-26(15-17-27)22(18-8-3-1-4-9-18)19-10-5-2-6-11-19/h1-13,22H,14-17H2. The summed E-state index contributed by atoms with van der Waals surface area (Å²) < 4.78 is 5.37. The fraction of sp³-hybridized carbons (Fsp3) is 0.217. The largest absolute Gasteiger partial charge is 0.416 e. The Morgan fingerprint density at radius 2 is 1.41 bits per heavy atom. The van der Waals surface area contributed by atoms with Crippen molar-refractivity contribution in [3.63, 3.8) is 0 Å². The maximum atomic E-state index is 12.5. The average molecular weight is 408 g/mol. The van der Waals surface area contributed by atoms with E-state index in [1.54, 1.807) is 23.1 Å². The summed E-state index contributed by atoms with van der Waals surface area (Å²) in [5.41, 5.74) is 2.50. The molecule has 6 heteroatoms. The van der Waals surface area contributed by atoms with E-state index in [1.807, 2.05) is 12.1 Å². The number of benzene rings is 2. The first-order chi connectivity index (χ1) is 14.2. The van der Waals surface area contributed by atoms with Crippen LogP contribution in [-0.4, -0.2) is 47.1 Å². The molecule has 1 saturated heterocycles. The van der Waals surface area contributed by atoms with Gasteiger partial charge in [-0.25, -0.2) is 9.78 Å². The van der Waals surface area contributed by atoms with E-state index >= 15 is 0 Å². The number of hydrogen-bond donors (Lipinski definition) is 0. The van der Waals surface area contributed by atoms with Gasteiger partial charge in [0.2, 0.25) is 5.88 Å². The third kappa shape index (κ3) is 4.75. The van der Waals surface area contributed by atoms with Crippen LogP contribution in [0.5, 0.6) is 5.88 Å². The smallest absolute Gasteiger partial charge is 0.391 e. The van der Waals surface area contributed by atoms with Crippen LogP contribution in [0.3, 0.4) is 0 Å². The number of piperazine rings is 1. The van der Waals surface area contributed by atoms with Gasteiger partial charge in [-0.2, -0.15) is 0 Å². The first-order valence-electron chi connectivity index (χ1n) is 9.64. The summed E-state index contributed by atoms with van der Waals surface area (Å²) in [6.07, 6.45) is -0.393. The number of aromatic nitrogens is 1. The summed E-state index contributed by atoms with van der Waals surface area (Å²) in [4.78, 5) is 20.6. The van der Waals surface area contributed by atoms with Gasteiger partial charge in [-0.1, -0.05) is 78.3 Å². The van der Waals surface area contributed by atoms with Gasteiger partial charge in [0.1, 0.15) is 5.15 Å². The summed E-state index contributed by atoms with van der Waals surface area (Å²) in [7, 11) is 0. The first-order valence-corrected chi connectivity index (χ1v) is 10.0. The Hall–Kier alpha value is -2.89. The van der Waals surface area contributed by atoms with Gasteiger partial charge < -0.3 is 9.64 Å². The lowest BCUT2D eigenvalue weighted by atomic mass is 9.96. The molecule has 1 aliphatic heterocycles. The van der Waals surface area contributed by atoms with Crippen molar-refractivity contribution < 1.29 is 9.53 Å². The van der Waals surface area contributed by atoms with E-state index in [1.165, 1.54) is 11.1 Å². The van der Waals surface area contributed by atoms with E-state index in [9.17, 15) is 4.79 Å². The zero-order chi connectivity index (χ0) is 20.1. The van der Waals surface area contributed by atoms with Crippen LogP contribution in [0.4, 0.5) is 4.79 Å². The lowest BCUT2D eigenvalue weighted by Gasteiger charge is -2.39. The highest BCUT2D eigenvalue weighted by atomic mass is 35.5. The average Bonchev–Trinajstić information content (AvgIpc) is 2.76. The molecular formula is C23H22ClN3O2. The predicted octanol–water partition coefficient (Wildman–Crippen LogP) is 4.64. The van der Waals surface area contributed by atoms with Crippen LogP contribution in [0.25, 0.3) is 0 Å². The monoisotopic (exact) mass is 407 g/mol. The lowest BCUT2D eigenvalue weighted by molar-refractivity contribution is 0.0966. The van der Waals surface area contributed by atoms with Crippen molar-refractivity contribution >= 4 is 17.7 Å². The molecule has 0 atom stereocenters. The van der Waals surface area contributed by atoms with Crippen LogP contribution < -0.4 is 4.74 Å². The third-order valence-corrected chi connectivity index (χ3v) is 5.26. The topological polar surface area (TPSA) is 45.7 Å². The van der Waals surface area contributed by atoms with Gasteiger partial charge >= 0.3 is 6.09 Å². The van der Waals surface area contributed by atoms with Crippen molar-refractivity contribution in [3.8, 4) is 5.88 Å². The summed E-state index contributed by atoms with van der Waals surface area (Å²) >= 11 is 5.86. The van der Waals surface area contributed by atoms with Crippen molar-refractivity contribution in [2.24, 2.45) is 0 Å². The minimum absolute atomic E-state index is 0.158. The maximum Gasteiger partial charge on any atom is 0.416 e. The molecule has 0 bridgehead atoms. The van der Waals surface area contributed by atoms with Crippen LogP contribution in [-0.2, 0) is 0 Å². The molecule has 0 aliphatic carbocycles. The zero-order valence-electron chi connectivity index (χ0n) is 15.9. The first kappa shape index (κ1) is 19.4. The number of hydrogen-bond acceptors (Lipinski definition) is 4. The van der Waals surface area contributed by atoms with Crippen molar-refractivity contribution in [1.29, 1.82) is 0 Å². The van der Waals surface area contributed by atoms with Gasteiger partial charge in [-0.15, -0.1) is 0 Å². The molecule has 0 spiro atoms. The summed E-state index contributed by atoms with van der Waals surface area (Å²) in [6.45, 7) is 2.70. The summed E-state index contributed by atoms with van der Waals surface area (Å²) in [5.74, 6) is 0.219. The maximum absolute atomic E-state index is 12.5. The molecular weight excluding hydrogens is 386 g/mol. The molecule has 2 heterocycles. The molecule has 0 radical (unpaired) electrons. The van der Waals surface area contributed by atoms with Crippen LogP contribution >= 0.6 is 11.6 Å². The number of amides is 1. The minimum atomic E-state index is -0.393. The fourth-order valence-electron chi connectivity index (χ4n) is 3.65. The van der Waals surface area contributed by atoms with Gasteiger partial charge in [0, 0.05) is 32.2 Å². The number of pyridine rings is 1. The molecule has 2 aromatic carbocycles. The SMILES string of the molecule is O=C(Oc1cccc(Cl)n1)N1CCN(C(c2ccccc2)c2ccccc2)CC1. The molecule has 1 aliphatic rings. The molecule has 0 unspecified atom stereocenters. The highest BCUT2D eigenvalue weighted by Gasteiger charge is 2.29. The molecule has 3 aromatic rings. The van der Waals surface area contributed by atoms with E-state index < -0.39 is 6.09 Å². The lowest BCUT2D eigenvalue weighted by Crippen LogP contribution is -2.50. The molecule has 0 saturated carbocycles. The molecule has 1 amide bonds. The van der Waals surface area contributed by atoms with Crippen LogP contribution in [0, 0.1) is 0 Å². The van der Waals surface area contributed by atoms with Gasteiger partial charge in [-0.05, 0) is 17.2 Å². The summed E-state index contributed by atoms with van der Waals surface area (Å²) in [5, 5.41) is 0.300. The van der Waals surface area contributed by atoms with Crippen molar-refractivity contribution in [1.82, 2.24) is 14.8 Å². The second-order valence-corrected chi connectivity index (χ2v) is 7.30. The Labute approximate surface area is 175 Å². The van der Waals surface area contributed by atoms with Gasteiger partial charge in [0.05, 0.1) is 6.04 Å².